The number of aryl methyl sites for hydroxylation is 1. The zero-order chi connectivity index (χ0) is 18.4. The van der Waals surface area contributed by atoms with E-state index in [2.05, 4.69) is 0 Å². The second-order valence-electron chi connectivity index (χ2n) is 6.23. The average molecular weight is 354 g/mol. The van der Waals surface area contributed by atoms with Crippen LogP contribution in [0.1, 0.15) is 12.5 Å². The number of benzene rings is 4. The van der Waals surface area contributed by atoms with Crippen molar-refractivity contribution in [3.8, 4) is 11.1 Å². The van der Waals surface area contributed by atoms with Crippen LogP contribution in [0.3, 0.4) is 0 Å². The molecule has 4 rings (SSSR count). The lowest BCUT2D eigenvalue weighted by atomic mass is 9.95. The quantitative estimate of drug-likeness (QED) is 0.275. The van der Waals surface area contributed by atoms with E-state index in [0.29, 0.717) is 39.3 Å². The summed E-state index contributed by atoms with van der Waals surface area (Å²) in [6, 6.07) is 13.2. The molecule has 0 aromatic heterocycles. The lowest BCUT2D eigenvalue weighted by Crippen LogP contribution is -1.93. The number of hydrogen-bond donors (Lipinski definition) is 0. The molecule has 0 spiro atoms. The Kier molecular flexibility index (Phi) is 3.91. The molecule has 0 bridgehead atoms. The molecule has 0 N–H and O–H groups in total. The maximum absolute atomic E-state index is 14.7. The monoisotopic (exact) mass is 354 g/mol. The van der Waals surface area contributed by atoms with Crippen molar-refractivity contribution >= 4 is 21.5 Å². The SMILES string of the molecule is CCc1ccc2c(cc(F)c3cc(-c4ccc(F)c(F)c4)ccc32)c1F. The summed E-state index contributed by atoms with van der Waals surface area (Å²) in [5.74, 6) is -2.86. The number of halogens is 4. The molecule has 0 saturated heterocycles. The van der Waals surface area contributed by atoms with Crippen LogP contribution < -0.4 is 0 Å². The molecule has 0 aliphatic carbocycles. The molecular formula is C22H14F4. The van der Waals surface area contributed by atoms with Crippen LogP contribution in [0.2, 0.25) is 0 Å². The third-order valence-corrected chi connectivity index (χ3v) is 4.73. The summed E-state index contributed by atoms with van der Waals surface area (Å²) in [4.78, 5) is 0. The van der Waals surface area contributed by atoms with E-state index in [0.717, 1.165) is 12.1 Å². The second-order valence-corrected chi connectivity index (χ2v) is 6.23. The minimum absolute atomic E-state index is 0.245. The number of fused-ring (bicyclic) bond motifs is 3. The minimum Gasteiger partial charge on any atom is -0.206 e. The van der Waals surface area contributed by atoms with Gasteiger partial charge in [-0.05, 0) is 58.1 Å². The van der Waals surface area contributed by atoms with Crippen molar-refractivity contribution in [2.75, 3.05) is 0 Å². The van der Waals surface area contributed by atoms with Crippen LogP contribution in [0, 0.1) is 23.3 Å². The fraction of sp³-hybridized carbons (Fsp3) is 0.0909. The Hall–Kier alpha value is -2.88. The Labute approximate surface area is 147 Å². The summed E-state index contributed by atoms with van der Waals surface area (Å²) in [6.07, 6.45) is 0.524. The van der Waals surface area contributed by atoms with E-state index < -0.39 is 23.3 Å². The lowest BCUT2D eigenvalue weighted by Gasteiger charge is -2.11. The molecule has 0 radical (unpaired) electrons. The van der Waals surface area contributed by atoms with Crippen molar-refractivity contribution in [3.05, 3.63) is 83.4 Å². The first-order chi connectivity index (χ1) is 12.5. The van der Waals surface area contributed by atoms with Gasteiger partial charge in [-0.25, -0.2) is 17.6 Å². The molecule has 0 unspecified atom stereocenters. The first-order valence-electron chi connectivity index (χ1n) is 8.28. The molecule has 0 nitrogen and oxygen atoms in total. The van der Waals surface area contributed by atoms with Crippen LogP contribution in [0.5, 0.6) is 0 Å². The Morgan fingerprint density at radius 3 is 1.96 bits per heavy atom. The molecule has 0 saturated carbocycles. The maximum Gasteiger partial charge on any atom is 0.159 e. The molecule has 0 aliphatic heterocycles. The van der Waals surface area contributed by atoms with Crippen LogP contribution >= 0.6 is 0 Å². The van der Waals surface area contributed by atoms with Gasteiger partial charge in [-0.2, -0.15) is 0 Å². The van der Waals surface area contributed by atoms with Gasteiger partial charge in [0.05, 0.1) is 0 Å². The largest absolute Gasteiger partial charge is 0.206 e. The molecule has 4 aromatic carbocycles. The zero-order valence-corrected chi connectivity index (χ0v) is 13.9. The topological polar surface area (TPSA) is 0 Å². The highest BCUT2D eigenvalue weighted by molar-refractivity contribution is 6.09. The highest BCUT2D eigenvalue weighted by Crippen LogP contribution is 2.34. The molecule has 0 heterocycles. The first kappa shape index (κ1) is 16.6. The summed E-state index contributed by atoms with van der Waals surface area (Å²) in [5, 5.41) is 1.75. The second kappa shape index (κ2) is 6.13. The van der Waals surface area contributed by atoms with Gasteiger partial charge in [0.25, 0.3) is 0 Å². The molecule has 4 aromatic rings. The third kappa shape index (κ3) is 2.53. The van der Waals surface area contributed by atoms with Gasteiger partial charge < -0.3 is 0 Å². The summed E-state index contributed by atoms with van der Waals surface area (Å²) < 4.78 is 55.9. The van der Waals surface area contributed by atoms with Crippen LogP contribution in [0.4, 0.5) is 17.6 Å². The van der Waals surface area contributed by atoms with Crippen LogP contribution in [-0.2, 0) is 6.42 Å². The van der Waals surface area contributed by atoms with Gasteiger partial charge in [-0.1, -0.05) is 37.3 Å². The first-order valence-corrected chi connectivity index (χ1v) is 8.28. The Morgan fingerprint density at radius 1 is 0.577 bits per heavy atom. The number of hydrogen-bond acceptors (Lipinski definition) is 0. The lowest BCUT2D eigenvalue weighted by molar-refractivity contribution is 0.509. The maximum atomic E-state index is 14.7. The van der Waals surface area contributed by atoms with Gasteiger partial charge in [-0.3, -0.25) is 0 Å². The van der Waals surface area contributed by atoms with Crippen LogP contribution in [-0.4, -0.2) is 0 Å². The van der Waals surface area contributed by atoms with E-state index in [4.69, 9.17) is 0 Å². The molecular weight excluding hydrogens is 340 g/mol. The average Bonchev–Trinajstić information content (AvgIpc) is 2.65. The molecule has 0 aliphatic rings. The van der Waals surface area contributed by atoms with Crippen molar-refractivity contribution in [1.29, 1.82) is 0 Å². The van der Waals surface area contributed by atoms with Crippen molar-refractivity contribution < 1.29 is 17.6 Å². The predicted octanol–water partition coefficient (Wildman–Crippen LogP) is 6.78. The standard InChI is InChI=1S/C22H14F4/c1-2-12-3-6-16-15-7-4-13(14-5-8-19(23)21(25)10-14)9-17(15)20(24)11-18(16)22(12)26/h3-11H,2H2,1H3. The highest BCUT2D eigenvalue weighted by atomic mass is 19.2. The van der Waals surface area contributed by atoms with E-state index >= 15 is 0 Å². The molecule has 0 amide bonds. The van der Waals surface area contributed by atoms with Gasteiger partial charge in [0.15, 0.2) is 11.6 Å². The van der Waals surface area contributed by atoms with Crippen LogP contribution in [0.25, 0.3) is 32.7 Å². The molecule has 26 heavy (non-hydrogen) atoms. The summed E-state index contributed by atoms with van der Waals surface area (Å²) in [7, 11) is 0. The summed E-state index contributed by atoms with van der Waals surface area (Å²) in [6.45, 7) is 1.84. The van der Waals surface area contributed by atoms with Crippen molar-refractivity contribution in [1.82, 2.24) is 0 Å². The number of rotatable bonds is 2. The Bertz CT molecular complexity index is 1160. The van der Waals surface area contributed by atoms with Gasteiger partial charge in [0, 0.05) is 10.8 Å². The Morgan fingerprint density at radius 2 is 1.23 bits per heavy atom. The zero-order valence-electron chi connectivity index (χ0n) is 13.9. The third-order valence-electron chi connectivity index (χ3n) is 4.73. The molecule has 4 heteroatoms. The predicted molar refractivity (Wildman–Crippen MR) is 96.1 cm³/mol. The van der Waals surface area contributed by atoms with Crippen molar-refractivity contribution in [2.24, 2.45) is 0 Å². The van der Waals surface area contributed by atoms with E-state index in [-0.39, 0.29) is 5.39 Å². The minimum atomic E-state index is -0.962. The molecule has 130 valence electrons. The van der Waals surface area contributed by atoms with Crippen molar-refractivity contribution in [3.63, 3.8) is 0 Å². The fourth-order valence-electron chi connectivity index (χ4n) is 3.32. The fourth-order valence-corrected chi connectivity index (χ4v) is 3.32. The van der Waals surface area contributed by atoms with Gasteiger partial charge in [-0.15, -0.1) is 0 Å². The summed E-state index contributed by atoms with van der Waals surface area (Å²) in [5.41, 5.74) is 1.53. The molecule has 0 atom stereocenters. The van der Waals surface area contributed by atoms with E-state index in [1.165, 1.54) is 12.1 Å². The van der Waals surface area contributed by atoms with E-state index in [1.807, 2.05) is 6.92 Å². The smallest absolute Gasteiger partial charge is 0.159 e. The Balaban J connectivity index is 1.98. The van der Waals surface area contributed by atoms with Gasteiger partial charge in [0.2, 0.25) is 0 Å². The van der Waals surface area contributed by atoms with Gasteiger partial charge in [0.1, 0.15) is 11.6 Å². The summed E-state index contributed by atoms with van der Waals surface area (Å²) >= 11 is 0. The highest BCUT2D eigenvalue weighted by Gasteiger charge is 2.13. The normalized spacial score (nSPS) is 11.4. The van der Waals surface area contributed by atoms with Gasteiger partial charge >= 0.3 is 0 Å². The van der Waals surface area contributed by atoms with Crippen LogP contribution in [0.15, 0.2) is 54.6 Å². The molecule has 0 fully saturated rings. The van der Waals surface area contributed by atoms with E-state index in [9.17, 15) is 17.6 Å². The van der Waals surface area contributed by atoms with E-state index in [1.54, 1.807) is 30.3 Å². The van der Waals surface area contributed by atoms with Crippen molar-refractivity contribution in [2.45, 2.75) is 13.3 Å².